The van der Waals surface area contributed by atoms with Crippen LogP contribution >= 0.6 is 12.4 Å². The lowest BCUT2D eigenvalue weighted by Crippen LogP contribution is -2.50. The molecular weight excluding hydrogens is 302 g/mol. The molecule has 2 amide bonds. The van der Waals surface area contributed by atoms with E-state index >= 15 is 0 Å². The van der Waals surface area contributed by atoms with Gasteiger partial charge in [0.05, 0.1) is 5.54 Å². The summed E-state index contributed by atoms with van der Waals surface area (Å²) in [5.41, 5.74) is 1.59. The van der Waals surface area contributed by atoms with E-state index in [-0.39, 0.29) is 24.2 Å². The summed E-state index contributed by atoms with van der Waals surface area (Å²) < 4.78 is 0. The van der Waals surface area contributed by atoms with Gasteiger partial charge in [-0.2, -0.15) is 0 Å². The van der Waals surface area contributed by atoms with E-state index in [4.69, 9.17) is 0 Å². The Morgan fingerprint density at radius 1 is 1.36 bits per heavy atom. The van der Waals surface area contributed by atoms with Gasteiger partial charge in [0.2, 0.25) is 5.91 Å². The molecule has 1 fully saturated rings. The highest BCUT2D eigenvalue weighted by atomic mass is 35.5. The van der Waals surface area contributed by atoms with Crippen LogP contribution in [0.5, 0.6) is 0 Å². The highest BCUT2D eigenvalue weighted by Crippen LogP contribution is 2.26. The molecule has 1 unspecified atom stereocenters. The smallest absolute Gasteiger partial charge is 0.251 e. The monoisotopic (exact) mass is 325 g/mol. The van der Waals surface area contributed by atoms with E-state index in [1.807, 2.05) is 19.9 Å². The third-order valence-corrected chi connectivity index (χ3v) is 4.34. The van der Waals surface area contributed by atoms with Crippen LogP contribution in [-0.4, -0.2) is 30.9 Å². The first-order valence-corrected chi connectivity index (χ1v) is 7.42. The van der Waals surface area contributed by atoms with Crippen molar-refractivity contribution in [2.24, 2.45) is 0 Å². The Balaban J connectivity index is 0.00000242. The molecule has 1 aromatic carbocycles. The van der Waals surface area contributed by atoms with Gasteiger partial charge in [0.15, 0.2) is 0 Å². The number of halogens is 1. The van der Waals surface area contributed by atoms with Gasteiger partial charge in [-0.25, -0.2) is 0 Å². The zero-order valence-corrected chi connectivity index (χ0v) is 14.1. The van der Waals surface area contributed by atoms with Crippen molar-refractivity contribution in [2.45, 2.75) is 38.6 Å². The Hall–Kier alpha value is -1.59. The van der Waals surface area contributed by atoms with Gasteiger partial charge in [-0.05, 0) is 50.4 Å². The van der Waals surface area contributed by atoms with E-state index in [0.29, 0.717) is 11.3 Å². The van der Waals surface area contributed by atoms with Crippen molar-refractivity contribution in [1.29, 1.82) is 0 Å². The van der Waals surface area contributed by atoms with Crippen LogP contribution in [0, 0.1) is 6.92 Å². The lowest BCUT2D eigenvalue weighted by molar-refractivity contribution is -0.122. The molecule has 1 saturated heterocycles. The van der Waals surface area contributed by atoms with Crippen molar-refractivity contribution in [2.75, 3.05) is 18.9 Å². The maximum atomic E-state index is 12.6. The lowest BCUT2D eigenvalue weighted by Gasteiger charge is -2.27. The molecule has 0 spiro atoms. The van der Waals surface area contributed by atoms with Gasteiger partial charge in [-0.1, -0.05) is 13.0 Å². The molecule has 2 rings (SSSR count). The molecule has 0 aromatic heterocycles. The SMILES string of the molecule is CCC1(C(=O)Nc2cccc(C(=O)NC)c2C)CCCN1.Cl. The number of hydrogen-bond donors (Lipinski definition) is 3. The first-order chi connectivity index (χ1) is 10.0. The third kappa shape index (κ3) is 3.42. The second-order valence-corrected chi connectivity index (χ2v) is 5.48. The molecule has 5 nitrogen and oxygen atoms in total. The predicted molar refractivity (Wildman–Crippen MR) is 90.7 cm³/mol. The molecular formula is C16H24ClN3O2. The highest BCUT2D eigenvalue weighted by molar-refractivity contribution is 6.02. The summed E-state index contributed by atoms with van der Waals surface area (Å²) in [6, 6.07) is 5.37. The normalized spacial score (nSPS) is 20.1. The molecule has 6 heteroatoms. The maximum Gasteiger partial charge on any atom is 0.251 e. The Morgan fingerprint density at radius 3 is 2.64 bits per heavy atom. The topological polar surface area (TPSA) is 70.2 Å². The second-order valence-electron chi connectivity index (χ2n) is 5.48. The largest absolute Gasteiger partial charge is 0.355 e. The molecule has 122 valence electrons. The van der Waals surface area contributed by atoms with Gasteiger partial charge in [0.1, 0.15) is 0 Å². The molecule has 0 radical (unpaired) electrons. The fourth-order valence-electron chi connectivity index (χ4n) is 2.86. The summed E-state index contributed by atoms with van der Waals surface area (Å²) in [6.45, 7) is 4.74. The van der Waals surface area contributed by atoms with Crippen LogP contribution in [0.15, 0.2) is 18.2 Å². The fraction of sp³-hybridized carbons (Fsp3) is 0.500. The van der Waals surface area contributed by atoms with E-state index in [9.17, 15) is 9.59 Å². The van der Waals surface area contributed by atoms with Crippen LogP contribution in [0.25, 0.3) is 0 Å². The molecule has 0 bridgehead atoms. The Labute approximate surface area is 137 Å². The van der Waals surface area contributed by atoms with E-state index in [0.717, 1.165) is 31.4 Å². The molecule has 0 saturated carbocycles. The average Bonchev–Trinajstić information content (AvgIpc) is 2.98. The number of hydrogen-bond acceptors (Lipinski definition) is 3. The molecule has 1 aliphatic rings. The first-order valence-electron chi connectivity index (χ1n) is 7.42. The zero-order valence-electron chi connectivity index (χ0n) is 13.3. The van der Waals surface area contributed by atoms with Gasteiger partial charge in [0, 0.05) is 18.3 Å². The Morgan fingerprint density at radius 2 is 2.09 bits per heavy atom. The van der Waals surface area contributed by atoms with Crippen LogP contribution in [0.4, 0.5) is 5.69 Å². The third-order valence-electron chi connectivity index (χ3n) is 4.34. The number of rotatable bonds is 4. The molecule has 1 aliphatic heterocycles. The number of anilines is 1. The summed E-state index contributed by atoms with van der Waals surface area (Å²) in [6.07, 6.45) is 2.62. The van der Waals surface area contributed by atoms with Gasteiger partial charge >= 0.3 is 0 Å². The van der Waals surface area contributed by atoms with Crippen molar-refractivity contribution in [3.63, 3.8) is 0 Å². The van der Waals surface area contributed by atoms with Crippen molar-refractivity contribution < 1.29 is 9.59 Å². The van der Waals surface area contributed by atoms with Crippen LogP contribution < -0.4 is 16.0 Å². The molecule has 22 heavy (non-hydrogen) atoms. The Kier molecular flexibility index (Phi) is 6.38. The van der Waals surface area contributed by atoms with Crippen LogP contribution in [-0.2, 0) is 4.79 Å². The van der Waals surface area contributed by atoms with Gasteiger partial charge in [-0.3, -0.25) is 9.59 Å². The summed E-state index contributed by atoms with van der Waals surface area (Å²) >= 11 is 0. The lowest BCUT2D eigenvalue weighted by atomic mass is 9.92. The highest BCUT2D eigenvalue weighted by Gasteiger charge is 2.39. The Bertz CT molecular complexity index is 554. The summed E-state index contributed by atoms with van der Waals surface area (Å²) in [7, 11) is 1.60. The van der Waals surface area contributed by atoms with Crippen molar-refractivity contribution >= 4 is 29.9 Å². The number of nitrogens with one attached hydrogen (secondary N) is 3. The number of carbonyl (C=O) groups excluding carboxylic acids is 2. The van der Waals surface area contributed by atoms with Gasteiger partial charge in [-0.15, -0.1) is 12.4 Å². The molecule has 1 aromatic rings. The summed E-state index contributed by atoms with van der Waals surface area (Å²) in [5.74, 6) is -0.160. The van der Waals surface area contributed by atoms with Crippen LogP contribution in [0.3, 0.4) is 0 Å². The fourth-order valence-corrected chi connectivity index (χ4v) is 2.86. The van der Waals surface area contributed by atoms with Gasteiger partial charge in [0.25, 0.3) is 5.91 Å². The predicted octanol–water partition coefficient (Wildman–Crippen LogP) is 2.25. The number of benzene rings is 1. The molecule has 3 N–H and O–H groups in total. The molecule has 1 atom stereocenters. The second kappa shape index (κ2) is 7.61. The van der Waals surface area contributed by atoms with Gasteiger partial charge < -0.3 is 16.0 Å². The number of carbonyl (C=O) groups is 2. The quantitative estimate of drug-likeness (QED) is 0.795. The van der Waals surface area contributed by atoms with E-state index in [1.54, 1.807) is 19.2 Å². The molecule has 0 aliphatic carbocycles. The van der Waals surface area contributed by atoms with Crippen molar-refractivity contribution in [1.82, 2.24) is 10.6 Å². The minimum atomic E-state index is -0.477. The van der Waals surface area contributed by atoms with Crippen molar-refractivity contribution in [3.05, 3.63) is 29.3 Å². The minimum Gasteiger partial charge on any atom is -0.355 e. The minimum absolute atomic E-state index is 0. The maximum absolute atomic E-state index is 12.6. The summed E-state index contributed by atoms with van der Waals surface area (Å²) in [5, 5.41) is 8.91. The van der Waals surface area contributed by atoms with E-state index in [2.05, 4.69) is 16.0 Å². The standard InChI is InChI=1S/C16H23N3O2.ClH/c1-4-16(9-6-10-18-16)15(21)19-13-8-5-7-12(11(13)2)14(20)17-3;/h5,7-8,18H,4,6,9-10H2,1-3H3,(H,17,20)(H,19,21);1H. The first kappa shape index (κ1) is 18.5. The van der Waals surface area contributed by atoms with Crippen LogP contribution in [0.2, 0.25) is 0 Å². The average molecular weight is 326 g/mol. The zero-order chi connectivity index (χ0) is 15.5. The van der Waals surface area contributed by atoms with Crippen molar-refractivity contribution in [3.8, 4) is 0 Å². The number of amides is 2. The molecule has 1 heterocycles. The van der Waals surface area contributed by atoms with E-state index in [1.165, 1.54) is 0 Å². The van der Waals surface area contributed by atoms with E-state index < -0.39 is 5.54 Å². The summed E-state index contributed by atoms with van der Waals surface area (Å²) in [4.78, 5) is 24.4. The van der Waals surface area contributed by atoms with Crippen LogP contribution in [0.1, 0.15) is 42.1 Å².